The second-order valence-corrected chi connectivity index (χ2v) is 11.1. The van der Waals surface area contributed by atoms with E-state index >= 15 is 0 Å². The van der Waals surface area contributed by atoms with Gasteiger partial charge >= 0.3 is 0 Å². The fourth-order valence-electron chi connectivity index (χ4n) is 4.26. The molecule has 0 bridgehead atoms. The fraction of sp³-hybridized carbons (Fsp3) is 0.440. The third-order valence-electron chi connectivity index (χ3n) is 6.28. The molecule has 2 heterocycles. The number of rotatable bonds is 9. The van der Waals surface area contributed by atoms with Crippen LogP contribution in [0, 0.1) is 6.92 Å². The summed E-state index contributed by atoms with van der Waals surface area (Å²) in [5.41, 5.74) is 3.11. The quantitative estimate of drug-likeness (QED) is 0.450. The summed E-state index contributed by atoms with van der Waals surface area (Å²) in [7, 11) is -3.53. The van der Waals surface area contributed by atoms with Gasteiger partial charge < -0.3 is 20.7 Å². The van der Waals surface area contributed by atoms with E-state index in [1.54, 1.807) is 30.3 Å². The Labute approximate surface area is 206 Å². The maximum absolute atomic E-state index is 12.8. The zero-order valence-corrected chi connectivity index (χ0v) is 20.7. The number of benzene rings is 2. The Kier molecular flexibility index (Phi) is 8.04. The Bertz CT molecular complexity index is 1180. The summed E-state index contributed by atoms with van der Waals surface area (Å²) >= 11 is 0. The van der Waals surface area contributed by atoms with Crippen LogP contribution in [0.25, 0.3) is 0 Å². The number of nitrogens with zero attached hydrogens (tertiary/aromatic N) is 1. The highest BCUT2D eigenvalue weighted by Crippen LogP contribution is 2.28. The number of aryl methyl sites for hydroxylation is 1. The van der Waals surface area contributed by atoms with E-state index in [4.69, 9.17) is 4.74 Å². The number of carbonyl (C=O) groups is 2. The number of ether oxygens (including phenoxy) is 1. The zero-order valence-electron chi connectivity index (χ0n) is 19.9. The molecular formula is C25H32N4O5S. The largest absolute Gasteiger partial charge is 0.379 e. The van der Waals surface area contributed by atoms with Crippen molar-refractivity contribution in [3.8, 4) is 0 Å². The number of carbonyl (C=O) groups excluding carboxylic acids is 2. The molecular weight excluding hydrogens is 468 g/mol. The minimum absolute atomic E-state index is 0.122. The first-order valence-corrected chi connectivity index (χ1v) is 13.7. The van der Waals surface area contributed by atoms with Crippen LogP contribution in [0.5, 0.6) is 0 Å². The molecule has 0 saturated carbocycles. The monoisotopic (exact) mass is 500 g/mol. The minimum atomic E-state index is -3.53. The fourth-order valence-corrected chi connectivity index (χ4v) is 5.92. The van der Waals surface area contributed by atoms with Gasteiger partial charge in [-0.3, -0.25) is 14.5 Å². The van der Waals surface area contributed by atoms with Crippen molar-refractivity contribution in [1.29, 1.82) is 0 Å². The molecule has 4 rings (SSSR count). The van der Waals surface area contributed by atoms with Crippen molar-refractivity contribution in [2.75, 3.05) is 55.8 Å². The summed E-state index contributed by atoms with van der Waals surface area (Å²) in [6.45, 7) is 6.66. The molecule has 2 aliphatic rings. The molecule has 2 amide bonds. The van der Waals surface area contributed by atoms with Gasteiger partial charge in [0.1, 0.15) is 6.04 Å². The van der Waals surface area contributed by atoms with Gasteiger partial charge in [0, 0.05) is 25.2 Å². The molecule has 2 aromatic rings. The predicted octanol–water partition coefficient (Wildman–Crippen LogP) is 1.79. The number of sulfone groups is 1. The minimum Gasteiger partial charge on any atom is -0.379 e. The third kappa shape index (κ3) is 6.81. The van der Waals surface area contributed by atoms with Gasteiger partial charge in [0.25, 0.3) is 5.91 Å². The highest BCUT2D eigenvalue weighted by molar-refractivity contribution is 7.90. The Morgan fingerprint density at radius 3 is 2.69 bits per heavy atom. The molecule has 1 saturated heterocycles. The number of fused-ring (bicyclic) bond motifs is 1. The Hall–Kier alpha value is -2.95. The van der Waals surface area contributed by atoms with E-state index in [1.165, 1.54) is 0 Å². The van der Waals surface area contributed by atoms with Crippen molar-refractivity contribution in [2.24, 2.45) is 0 Å². The van der Waals surface area contributed by atoms with Gasteiger partial charge in [0.2, 0.25) is 5.91 Å². The molecule has 9 nitrogen and oxygen atoms in total. The van der Waals surface area contributed by atoms with E-state index in [1.807, 2.05) is 19.1 Å². The van der Waals surface area contributed by atoms with Crippen LogP contribution < -0.4 is 16.0 Å². The van der Waals surface area contributed by atoms with Crippen LogP contribution in [0.4, 0.5) is 11.4 Å². The molecule has 0 spiro atoms. The number of anilines is 2. The van der Waals surface area contributed by atoms with E-state index in [-0.39, 0.29) is 17.4 Å². The van der Waals surface area contributed by atoms with Crippen molar-refractivity contribution in [1.82, 2.24) is 10.2 Å². The molecule has 1 atom stereocenters. The molecule has 1 unspecified atom stereocenters. The molecule has 35 heavy (non-hydrogen) atoms. The standard InChI is InChI=1S/C25H32N4O5S/c1-18-5-2-3-6-20(18)16-35(32,33)17-23-25(31)28-22-15-19(7-8-21(22)27-23)24(30)26-9-4-10-29-11-13-34-14-12-29/h2-3,5-8,15,23,27H,4,9-14,16-17H2,1H3,(H,26,30)(H,28,31). The Balaban J connectivity index is 1.31. The summed E-state index contributed by atoms with van der Waals surface area (Å²) in [5.74, 6) is -1.10. The van der Waals surface area contributed by atoms with E-state index in [9.17, 15) is 18.0 Å². The average molecular weight is 501 g/mol. The van der Waals surface area contributed by atoms with Gasteiger partial charge in [-0.1, -0.05) is 24.3 Å². The van der Waals surface area contributed by atoms with Gasteiger partial charge in [-0.15, -0.1) is 0 Å². The first kappa shape index (κ1) is 25.2. The highest BCUT2D eigenvalue weighted by Gasteiger charge is 2.30. The lowest BCUT2D eigenvalue weighted by atomic mass is 10.1. The third-order valence-corrected chi connectivity index (χ3v) is 7.88. The van der Waals surface area contributed by atoms with Crippen LogP contribution in [-0.2, 0) is 25.1 Å². The zero-order chi connectivity index (χ0) is 24.8. The number of hydrogen-bond donors (Lipinski definition) is 3. The normalized spacial score (nSPS) is 18.3. The summed E-state index contributed by atoms with van der Waals surface area (Å²) in [4.78, 5) is 27.5. The van der Waals surface area contributed by atoms with Gasteiger partial charge in [0.15, 0.2) is 9.84 Å². The summed E-state index contributed by atoms with van der Waals surface area (Å²) in [6.07, 6.45) is 0.841. The van der Waals surface area contributed by atoms with Crippen LogP contribution in [0.2, 0.25) is 0 Å². The second-order valence-electron chi connectivity index (χ2n) is 8.99. The lowest BCUT2D eigenvalue weighted by molar-refractivity contribution is -0.116. The van der Waals surface area contributed by atoms with E-state index in [0.717, 1.165) is 50.4 Å². The topological polar surface area (TPSA) is 117 Å². The van der Waals surface area contributed by atoms with E-state index in [2.05, 4.69) is 20.9 Å². The Morgan fingerprint density at radius 1 is 1.14 bits per heavy atom. The smallest absolute Gasteiger partial charge is 0.251 e. The Morgan fingerprint density at radius 2 is 1.91 bits per heavy atom. The lowest BCUT2D eigenvalue weighted by Crippen LogP contribution is -2.43. The van der Waals surface area contributed by atoms with Crippen LogP contribution in [-0.4, -0.2) is 76.3 Å². The first-order chi connectivity index (χ1) is 16.8. The SMILES string of the molecule is Cc1ccccc1CS(=O)(=O)CC1Nc2ccc(C(=O)NCCCN3CCOCC3)cc2NC1=O. The molecule has 10 heteroatoms. The molecule has 0 aliphatic carbocycles. The summed E-state index contributed by atoms with van der Waals surface area (Å²) in [5, 5.41) is 8.68. The predicted molar refractivity (Wildman–Crippen MR) is 135 cm³/mol. The number of amides is 2. The summed E-state index contributed by atoms with van der Waals surface area (Å²) < 4.78 is 30.9. The van der Waals surface area contributed by atoms with E-state index in [0.29, 0.717) is 23.5 Å². The number of hydrogen-bond acceptors (Lipinski definition) is 7. The average Bonchev–Trinajstić information content (AvgIpc) is 2.84. The summed E-state index contributed by atoms with van der Waals surface area (Å²) in [6, 6.07) is 11.4. The van der Waals surface area contributed by atoms with Crippen molar-refractivity contribution < 1.29 is 22.7 Å². The van der Waals surface area contributed by atoms with Crippen LogP contribution in [0.15, 0.2) is 42.5 Å². The maximum Gasteiger partial charge on any atom is 0.251 e. The number of nitrogens with one attached hydrogen (secondary N) is 3. The maximum atomic E-state index is 12.8. The van der Waals surface area contributed by atoms with Gasteiger partial charge in [-0.25, -0.2) is 8.42 Å². The lowest BCUT2D eigenvalue weighted by Gasteiger charge is -2.27. The van der Waals surface area contributed by atoms with Crippen molar-refractivity contribution in [3.05, 3.63) is 59.2 Å². The molecule has 2 aromatic carbocycles. The molecule has 3 N–H and O–H groups in total. The van der Waals surface area contributed by atoms with Crippen molar-refractivity contribution in [2.45, 2.75) is 25.1 Å². The van der Waals surface area contributed by atoms with Crippen LogP contribution in [0.1, 0.15) is 27.9 Å². The van der Waals surface area contributed by atoms with Gasteiger partial charge in [0.05, 0.1) is 36.1 Å². The van der Waals surface area contributed by atoms with Crippen LogP contribution >= 0.6 is 0 Å². The molecule has 1 fully saturated rings. The van der Waals surface area contributed by atoms with Gasteiger partial charge in [-0.05, 0) is 49.2 Å². The highest BCUT2D eigenvalue weighted by atomic mass is 32.2. The van der Waals surface area contributed by atoms with Gasteiger partial charge in [-0.2, -0.15) is 0 Å². The van der Waals surface area contributed by atoms with E-state index < -0.39 is 21.8 Å². The van der Waals surface area contributed by atoms with Crippen LogP contribution in [0.3, 0.4) is 0 Å². The number of morpholine rings is 1. The second kappa shape index (κ2) is 11.2. The van der Waals surface area contributed by atoms with Crippen molar-refractivity contribution in [3.63, 3.8) is 0 Å². The van der Waals surface area contributed by atoms with Crippen molar-refractivity contribution >= 4 is 33.0 Å². The molecule has 2 aliphatic heterocycles. The first-order valence-electron chi connectivity index (χ1n) is 11.9. The molecule has 0 radical (unpaired) electrons. The molecule has 188 valence electrons. The molecule has 0 aromatic heterocycles.